The Morgan fingerprint density at radius 3 is 2.76 bits per heavy atom. The zero-order valence-electron chi connectivity index (χ0n) is 11.9. The molecule has 0 aliphatic rings. The molecule has 0 atom stereocenters. The number of pyridine rings is 2. The summed E-state index contributed by atoms with van der Waals surface area (Å²) in [5, 5.41) is 4.25. The number of fused-ring (bicyclic) bond motifs is 1. The minimum Gasteiger partial charge on any atom is -0.487 e. The van der Waals surface area contributed by atoms with Crippen molar-refractivity contribution in [3.63, 3.8) is 0 Å². The third-order valence-corrected chi connectivity index (χ3v) is 3.17. The predicted molar refractivity (Wildman–Crippen MR) is 84.5 cm³/mol. The van der Waals surface area contributed by atoms with Gasteiger partial charge in [-0.25, -0.2) is 4.98 Å². The molecule has 0 bridgehead atoms. The molecule has 106 valence electrons. The quantitative estimate of drug-likeness (QED) is 0.774. The Morgan fingerprint density at radius 2 is 1.95 bits per heavy atom. The van der Waals surface area contributed by atoms with Crippen LogP contribution in [0.5, 0.6) is 5.75 Å². The highest BCUT2D eigenvalue weighted by Gasteiger charge is 2.03. The van der Waals surface area contributed by atoms with E-state index < -0.39 is 0 Å². The Balaban J connectivity index is 1.74. The lowest BCUT2D eigenvalue weighted by Gasteiger charge is -2.09. The number of hydrogen-bond acceptors (Lipinski definition) is 4. The van der Waals surface area contributed by atoms with Crippen LogP contribution in [0.15, 0.2) is 54.9 Å². The summed E-state index contributed by atoms with van der Waals surface area (Å²) in [5.74, 6) is 1.68. The summed E-state index contributed by atoms with van der Waals surface area (Å²) in [5.41, 5.74) is 1.92. The Hall–Kier alpha value is -2.62. The van der Waals surface area contributed by atoms with E-state index in [2.05, 4.69) is 15.3 Å². The largest absolute Gasteiger partial charge is 0.487 e. The number of aromatic nitrogens is 2. The molecule has 2 heterocycles. The highest BCUT2D eigenvalue weighted by molar-refractivity contribution is 5.84. The Labute approximate surface area is 123 Å². The molecule has 3 rings (SSSR count). The molecule has 0 aliphatic carbocycles. The van der Waals surface area contributed by atoms with Gasteiger partial charge in [-0.1, -0.05) is 24.3 Å². The Kier molecular flexibility index (Phi) is 3.96. The first-order chi connectivity index (χ1) is 10.4. The van der Waals surface area contributed by atoms with Gasteiger partial charge in [0.1, 0.15) is 23.7 Å². The lowest BCUT2D eigenvalue weighted by atomic mass is 10.2. The van der Waals surface area contributed by atoms with Crippen molar-refractivity contribution in [2.75, 3.05) is 11.9 Å². The average Bonchev–Trinajstić information content (AvgIpc) is 2.54. The van der Waals surface area contributed by atoms with Crippen molar-refractivity contribution in [2.45, 2.75) is 13.5 Å². The van der Waals surface area contributed by atoms with E-state index in [4.69, 9.17) is 4.74 Å². The number of ether oxygens (including phenoxy) is 1. The normalized spacial score (nSPS) is 10.5. The molecule has 0 amide bonds. The lowest BCUT2D eigenvalue weighted by molar-refractivity contribution is 0.309. The van der Waals surface area contributed by atoms with Gasteiger partial charge in [0, 0.05) is 29.9 Å². The van der Waals surface area contributed by atoms with E-state index in [9.17, 15) is 0 Å². The molecule has 1 aromatic carbocycles. The number of anilines is 1. The first-order valence-electron chi connectivity index (χ1n) is 7.02. The van der Waals surface area contributed by atoms with E-state index in [0.29, 0.717) is 6.61 Å². The van der Waals surface area contributed by atoms with Gasteiger partial charge in [0.15, 0.2) is 0 Å². The van der Waals surface area contributed by atoms with E-state index in [-0.39, 0.29) is 0 Å². The second kappa shape index (κ2) is 6.22. The molecule has 0 fully saturated rings. The number of hydrogen-bond donors (Lipinski definition) is 1. The zero-order chi connectivity index (χ0) is 14.5. The lowest BCUT2D eigenvalue weighted by Crippen LogP contribution is -2.01. The van der Waals surface area contributed by atoms with Crippen LogP contribution >= 0.6 is 0 Å². The first-order valence-corrected chi connectivity index (χ1v) is 7.02. The first kappa shape index (κ1) is 13.4. The van der Waals surface area contributed by atoms with Crippen LogP contribution in [0, 0.1) is 0 Å². The summed E-state index contributed by atoms with van der Waals surface area (Å²) in [4.78, 5) is 8.72. The smallest absolute Gasteiger partial charge is 0.146 e. The maximum atomic E-state index is 5.88. The molecule has 0 aliphatic heterocycles. The van der Waals surface area contributed by atoms with Crippen LogP contribution in [-0.4, -0.2) is 16.5 Å². The van der Waals surface area contributed by atoms with E-state index in [0.717, 1.165) is 34.6 Å². The topological polar surface area (TPSA) is 47.0 Å². The number of nitrogens with zero attached hydrogens (tertiary/aromatic N) is 2. The fourth-order valence-corrected chi connectivity index (χ4v) is 2.15. The molecule has 3 aromatic rings. The highest BCUT2D eigenvalue weighted by atomic mass is 16.5. The van der Waals surface area contributed by atoms with Gasteiger partial charge in [-0.2, -0.15) is 0 Å². The summed E-state index contributed by atoms with van der Waals surface area (Å²) in [6, 6.07) is 13.9. The summed E-state index contributed by atoms with van der Waals surface area (Å²) in [6.45, 7) is 3.39. The zero-order valence-corrected chi connectivity index (χ0v) is 11.9. The molecule has 4 nitrogen and oxygen atoms in total. The SMILES string of the molecule is CCNc1ccc(COc2cccc3cccnc23)cn1. The molecular weight excluding hydrogens is 262 g/mol. The molecule has 0 unspecified atom stereocenters. The second-order valence-corrected chi connectivity index (χ2v) is 4.70. The van der Waals surface area contributed by atoms with Crippen LogP contribution in [-0.2, 0) is 6.61 Å². The van der Waals surface area contributed by atoms with Gasteiger partial charge in [0.05, 0.1) is 0 Å². The van der Waals surface area contributed by atoms with Crippen molar-refractivity contribution in [1.29, 1.82) is 0 Å². The van der Waals surface area contributed by atoms with Crippen molar-refractivity contribution < 1.29 is 4.74 Å². The second-order valence-electron chi connectivity index (χ2n) is 4.70. The molecule has 21 heavy (non-hydrogen) atoms. The molecule has 2 aromatic heterocycles. The maximum absolute atomic E-state index is 5.88. The van der Waals surface area contributed by atoms with E-state index >= 15 is 0 Å². The number of para-hydroxylation sites is 1. The van der Waals surface area contributed by atoms with E-state index in [1.165, 1.54) is 0 Å². The van der Waals surface area contributed by atoms with Crippen LogP contribution in [0.4, 0.5) is 5.82 Å². The Morgan fingerprint density at radius 1 is 1.05 bits per heavy atom. The molecule has 1 N–H and O–H groups in total. The van der Waals surface area contributed by atoms with Crippen LogP contribution in [0.3, 0.4) is 0 Å². The van der Waals surface area contributed by atoms with Crippen LogP contribution in [0.2, 0.25) is 0 Å². The van der Waals surface area contributed by atoms with E-state index in [1.54, 1.807) is 6.20 Å². The van der Waals surface area contributed by atoms with Crippen LogP contribution < -0.4 is 10.1 Å². The van der Waals surface area contributed by atoms with Gasteiger partial charge in [0.2, 0.25) is 0 Å². The summed E-state index contributed by atoms with van der Waals surface area (Å²) >= 11 is 0. The number of rotatable bonds is 5. The summed E-state index contributed by atoms with van der Waals surface area (Å²) in [7, 11) is 0. The molecule has 0 saturated carbocycles. The third-order valence-electron chi connectivity index (χ3n) is 3.17. The van der Waals surface area contributed by atoms with Gasteiger partial charge >= 0.3 is 0 Å². The van der Waals surface area contributed by atoms with Gasteiger partial charge in [-0.15, -0.1) is 0 Å². The van der Waals surface area contributed by atoms with Crippen LogP contribution in [0.1, 0.15) is 12.5 Å². The van der Waals surface area contributed by atoms with Crippen molar-refractivity contribution in [2.24, 2.45) is 0 Å². The number of nitrogens with one attached hydrogen (secondary N) is 1. The van der Waals surface area contributed by atoms with E-state index in [1.807, 2.05) is 55.6 Å². The van der Waals surface area contributed by atoms with Crippen molar-refractivity contribution >= 4 is 16.7 Å². The molecule has 0 spiro atoms. The average molecular weight is 279 g/mol. The minimum absolute atomic E-state index is 0.481. The molecule has 4 heteroatoms. The predicted octanol–water partition coefficient (Wildman–Crippen LogP) is 3.64. The monoisotopic (exact) mass is 279 g/mol. The molecule has 0 saturated heterocycles. The van der Waals surface area contributed by atoms with Gasteiger partial charge in [-0.05, 0) is 25.1 Å². The van der Waals surface area contributed by atoms with Crippen molar-refractivity contribution in [1.82, 2.24) is 9.97 Å². The van der Waals surface area contributed by atoms with Crippen LogP contribution in [0.25, 0.3) is 10.9 Å². The molecular formula is C17H17N3O. The van der Waals surface area contributed by atoms with Gasteiger partial charge < -0.3 is 10.1 Å². The maximum Gasteiger partial charge on any atom is 0.146 e. The standard InChI is InChI=1S/C17H17N3O/c1-2-18-16-9-8-13(11-20-16)12-21-15-7-3-5-14-6-4-10-19-17(14)15/h3-11H,2,12H2,1H3,(H,18,20). The number of benzene rings is 1. The van der Waals surface area contributed by atoms with Gasteiger partial charge in [0.25, 0.3) is 0 Å². The summed E-state index contributed by atoms with van der Waals surface area (Å²) in [6.07, 6.45) is 3.61. The van der Waals surface area contributed by atoms with Crippen molar-refractivity contribution in [3.8, 4) is 5.75 Å². The third kappa shape index (κ3) is 3.11. The molecule has 0 radical (unpaired) electrons. The fraction of sp³-hybridized carbons (Fsp3) is 0.176. The Bertz CT molecular complexity index is 720. The summed E-state index contributed by atoms with van der Waals surface area (Å²) < 4.78 is 5.88. The van der Waals surface area contributed by atoms with Gasteiger partial charge in [-0.3, -0.25) is 4.98 Å². The minimum atomic E-state index is 0.481. The fourth-order valence-electron chi connectivity index (χ4n) is 2.15. The van der Waals surface area contributed by atoms with Crippen molar-refractivity contribution in [3.05, 3.63) is 60.4 Å². The highest BCUT2D eigenvalue weighted by Crippen LogP contribution is 2.23.